The highest BCUT2D eigenvalue weighted by molar-refractivity contribution is 6.26. The van der Waals surface area contributed by atoms with E-state index in [4.69, 9.17) is 10.00 Å². The summed E-state index contributed by atoms with van der Waals surface area (Å²) in [7, 11) is 1.65. The van der Waals surface area contributed by atoms with Gasteiger partial charge in [-0.2, -0.15) is 5.26 Å². The van der Waals surface area contributed by atoms with Crippen molar-refractivity contribution in [3.63, 3.8) is 0 Å². The molecule has 0 saturated carbocycles. The first-order valence-electron chi connectivity index (χ1n) is 8.63. The number of hydrogen-bond donors (Lipinski definition) is 0. The van der Waals surface area contributed by atoms with Gasteiger partial charge in [-0.3, -0.25) is 4.79 Å². The molecule has 1 heterocycles. The molecule has 0 aromatic heterocycles. The van der Waals surface area contributed by atoms with E-state index in [1.54, 1.807) is 12.0 Å². The minimum Gasteiger partial charge on any atom is -0.497 e. The number of nitriles is 1. The Hall–Kier alpha value is -3.32. The molecule has 1 aliphatic heterocycles. The third kappa shape index (κ3) is 2.49. The van der Waals surface area contributed by atoms with Crippen molar-refractivity contribution in [3.05, 3.63) is 60.2 Å². The van der Waals surface area contributed by atoms with Gasteiger partial charge in [0.05, 0.1) is 18.9 Å². The van der Waals surface area contributed by atoms with Gasteiger partial charge in [0.1, 0.15) is 5.75 Å². The number of anilines is 1. The molecule has 4 nitrogen and oxygen atoms in total. The molecule has 0 aliphatic carbocycles. The van der Waals surface area contributed by atoms with Crippen molar-refractivity contribution in [1.29, 1.82) is 5.26 Å². The molecule has 3 aromatic carbocycles. The van der Waals surface area contributed by atoms with Gasteiger partial charge in [0.2, 0.25) is 0 Å². The van der Waals surface area contributed by atoms with Crippen LogP contribution >= 0.6 is 0 Å². The van der Waals surface area contributed by atoms with Crippen LogP contribution in [0.25, 0.3) is 21.9 Å². The van der Waals surface area contributed by atoms with Crippen molar-refractivity contribution in [3.8, 4) is 22.9 Å². The number of methoxy groups -OCH3 is 1. The molecule has 0 bridgehead atoms. The number of amides is 1. The van der Waals surface area contributed by atoms with Gasteiger partial charge in [-0.05, 0) is 47.2 Å². The molecule has 1 aliphatic rings. The quantitative estimate of drug-likeness (QED) is 0.627. The molecular formula is C22H18N2O2. The summed E-state index contributed by atoms with van der Waals surface area (Å²) in [5, 5.41) is 10.8. The van der Waals surface area contributed by atoms with Crippen LogP contribution in [-0.2, 0) is 0 Å². The highest BCUT2D eigenvalue weighted by Crippen LogP contribution is 2.42. The van der Waals surface area contributed by atoms with Gasteiger partial charge in [-0.15, -0.1) is 0 Å². The Morgan fingerprint density at radius 1 is 1.04 bits per heavy atom. The number of ether oxygens (including phenoxy) is 1. The predicted octanol–water partition coefficient (Wildman–Crippen LogP) is 4.78. The van der Waals surface area contributed by atoms with Crippen LogP contribution in [0.3, 0.4) is 0 Å². The van der Waals surface area contributed by atoms with Gasteiger partial charge >= 0.3 is 0 Å². The van der Waals surface area contributed by atoms with Crippen LogP contribution in [0, 0.1) is 11.3 Å². The van der Waals surface area contributed by atoms with E-state index in [0.29, 0.717) is 19.4 Å². The fourth-order valence-electron chi connectivity index (χ4n) is 3.61. The number of rotatable bonds is 5. The second-order valence-electron chi connectivity index (χ2n) is 6.31. The second kappa shape index (κ2) is 6.53. The highest BCUT2D eigenvalue weighted by atomic mass is 16.5. The molecule has 0 N–H and O–H groups in total. The zero-order valence-corrected chi connectivity index (χ0v) is 14.5. The number of unbranched alkanes of at least 4 members (excludes halogenated alkanes) is 1. The maximum absolute atomic E-state index is 12.8. The lowest BCUT2D eigenvalue weighted by atomic mass is 9.96. The van der Waals surface area contributed by atoms with Crippen molar-refractivity contribution in [2.24, 2.45) is 0 Å². The van der Waals surface area contributed by atoms with Crippen molar-refractivity contribution in [2.75, 3.05) is 18.6 Å². The maximum atomic E-state index is 12.8. The van der Waals surface area contributed by atoms with Crippen molar-refractivity contribution in [1.82, 2.24) is 0 Å². The lowest BCUT2D eigenvalue weighted by molar-refractivity contribution is 0.0993. The highest BCUT2D eigenvalue weighted by Gasteiger charge is 2.30. The monoisotopic (exact) mass is 342 g/mol. The Morgan fingerprint density at radius 2 is 1.85 bits per heavy atom. The smallest absolute Gasteiger partial charge is 0.258 e. The molecule has 0 saturated heterocycles. The van der Waals surface area contributed by atoms with E-state index in [9.17, 15) is 4.79 Å². The summed E-state index contributed by atoms with van der Waals surface area (Å²) < 4.78 is 5.24. The maximum Gasteiger partial charge on any atom is 0.258 e. The van der Waals surface area contributed by atoms with Crippen LogP contribution in [0.1, 0.15) is 23.2 Å². The number of nitrogens with zero attached hydrogens (tertiary/aromatic N) is 2. The Kier molecular flexibility index (Phi) is 4.06. The summed E-state index contributed by atoms with van der Waals surface area (Å²) in [6, 6.07) is 20.1. The molecule has 0 fully saturated rings. The molecule has 0 atom stereocenters. The van der Waals surface area contributed by atoms with E-state index in [-0.39, 0.29) is 5.91 Å². The first-order chi connectivity index (χ1) is 12.7. The minimum absolute atomic E-state index is 0.0235. The van der Waals surface area contributed by atoms with Gasteiger partial charge in [0, 0.05) is 23.9 Å². The van der Waals surface area contributed by atoms with E-state index in [1.165, 1.54) is 0 Å². The molecule has 128 valence electrons. The summed E-state index contributed by atoms with van der Waals surface area (Å²) in [5.41, 5.74) is 3.87. The lowest BCUT2D eigenvalue weighted by Gasteiger charge is -2.17. The second-order valence-corrected chi connectivity index (χ2v) is 6.31. The van der Waals surface area contributed by atoms with Crippen molar-refractivity contribution >= 4 is 22.4 Å². The van der Waals surface area contributed by atoms with Crippen LogP contribution in [0.2, 0.25) is 0 Å². The third-order valence-electron chi connectivity index (χ3n) is 4.86. The van der Waals surface area contributed by atoms with Crippen LogP contribution < -0.4 is 9.64 Å². The zero-order chi connectivity index (χ0) is 18.1. The number of hydrogen-bond acceptors (Lipinski definition) is 3. The van der Waals surface area contributed by atoms with Gasteiger partial charge in [-0.25, -0.2) is 0 Å². The topological polar surface area (TPSA) is 53.3 Å². The largest absolute Gasteiger partial charge is 0.497 e. The van der Waals surface area contributed by atoms with Crippen LogP contribution in [-0.4, -0.2) is 19.6 Å². The number of carbonyl (C=O) groups is 1. The molecule has 3 aromatic rings. The minimum atomic E-state index is 0.0235. The van der Waals surface area contributed by atoms with Crippen LogP contribution in [0.15, 0.2) is 54.6 Å². The average Bonchev–Trinajstić information content (AvgIpc) is 2.96. The van der Waals surface area contributed by atoms with Gasteiger partial charge in [0.15, 0.2) is 0 Å². The predicted molar refractivity (Wildman–Crippen MR) is 102 cm³/mol. The standard InChI is InChI=1S/C22H18N2O2/c1-26-16-9-7-15(8-10-16)17-11-12-20-21-18(17)5-4-6-19(21)22(25)24(20)14-3-2-13-23/h4-12H,2-3,14H2,1H3. The Balaban J connectivity index is 1.83. The van der Waals surface area contributed by atoms with Crippen LogP contribution in [0.5, 0.6) is 5.75 Å². The summed E-state index contributed by atoms with van der Waals surface area (Å²) >= 11 is 0. The summed E-state index contributed by atoms with van der Waals surface area (Å²) in [5.74, 6) is 0.842. The molecule has 0 unspecified atom stereocenters. The molecule has 1 amide bonds. The first kappa shape index (κ1) is 16.2. The Labute approximate surface area is 152 Å². The zero-order valence-electron chi connectivity index (χ0n) is 14.5. The van der Waals surface area contributed by atoms with Crippen molar-refractivity contribution in [2.45, 2.75) is 12.8 Å². The normalized spacial score (nSPS) is 12.5. The molecule has 0 spiro atoms. The van der Waals surface area contributed by atoms with E-state index >= 15 is 0 Å². The van der Waals surface area contributed by atoms with E-state index in [1.807, 2.05) is 42.5 Å². The molecule has 4 rings (SSSR count). The average molecular weight is 342 g/mol. The molecule has 4 heteroatoms. The fraction of sp³-hybridized carbons (Fsp3) is 0.182. The van der Waals surface area contributed by atoms with Gasteiger partial charge in [-0.1, -0.05) is 30.3 Å². The third-order valence-corrected chi connectivity index (χ3v) is 4.86. The SMILES string of the molecule is COc1ccc(-c2ccc3c4c(cccc24)C(=O)N3CCCC#N)cc1. The first-order valence-corrected chi connectivity index (χ1v) is 8.63. The lowest BCUT2D eigenvalue weighted by Crippen LogP contribution is -2.27. The molecular weight excluding hydrogens is 324 g/mol. The Bertz CT molecular complexity index is 1030. The van der Waals surface area contributed by atoms with Gasteiger partial charge < -0.3 is 9.64 Å². The number of benzene rings is 3. The number of carbonyl (C=O) groups excluding carboxylic acids is 1. The summed E-state index contributed by atoms with van der Waals surface area (Å²) in [6.45, 7) is 0.568. The molecule has 0 radical (unpaired) electrons. The van der Waals surface area contributed by atoms with E-state index in [2.05, 4.69) is 18.2 Å². The summed E-state index contributed by atoms with van der Waals surface area (Å²) in [6.07, 6.45) is 1.13. The van der Waals surface area contributed by atoms with Crippen molar-refractivity contribution < 1.29 is 9.53 Å². The Morgan fingerprint density at radius 3 is 2.58 bits per heavy atom. The van der Waals surface area contributed by atoms with Crippen LogP contribution in [0.4, 0.5) is 5.69 Å². The fourth-order valence-corrected chi connectivity index (χ4v) is 3.61. The summed E-state index contributed by atoms with van der Waals surface area (Å²) in [4.78, 5) is 14.6. The van der Waals surface area contributed by atoms with E-state index in [0.717, 1.165) is 38.9 Å². The van der Waals surface area contributed by atoms with Gasteiger partial charge in [0.25, 0.3) is 5.91 Å². The molecule has 26 heavy (non-hydrogen) atoms. The van der Waals surface area contributed by atoms with E-state index < -0.39 is 0 Å².